The van der Waals surface area contributed by atoms with E-state index in [-0.39, 0.29) is 12.1 Å². The van der Waals surface area contributed by atoms with Crippen LogP contribution in [0.1, 0.15) is 28.2 Å². The van der Waals surface area contributed by atoms with Crippen LogP contribution in [0.4, 0.5) is 0 Å². The molecule has 1 fully saturated rings. The molecule has 1 aliphatic rings. The summed E-state index contributed by atoms with van der Waals surface area (Å²) in [5.74, 6) is 4.52. The number of primary amides is 1. The predicted octanol–water partition coefficient (Wildman–Crippen LogP) is 0.614. The zero-order valence-corrected chi connectivity index (χ0v) is 16.5. The van der Waals surface area contributed by atoms with E-state index in [0.29, 0.717) is 23.4 Å². The van der Waals surface area contributed by atoms with Gasteiger partial charge in [0.05, 0.1) is 11.9 Å². The summed E-state index contributed by atoms with van der Waals surface area (Å²) in [5, 5.41) is 21.6. The molecule has 2 amide bonds. The molecule has 2 aromatic heterocycles. The molecular weight excluding hydrogens is 384 g/mol. The van der Waals surface area contributed by atoms with Gasteiger partial charge in [-0.3, -0.25) is 14.7 Å². The van der Waals surface area contributed by atoms with Gasteiger partial charge < -0.3 is 15.7 Å². The number of H-pyrrole nitrogens is 1. The van der Waals surface area contributed by atoms with Gasteiger partial charge in [0.15, 0.2) is 5.69 Å². The van der Waals surface area contributed by atoms with Crippen molar-refractivity contribution in [2.45, 2.75) is 18.9 Å². The van der Waals surface area contributed by atoms with Crippen molar-refractivity contribution in [2.24, 2.45) is 5.73 Å². The fraction of sp³-hybridized carbons (Fsp3) is 0.238. The van der Waals surface area contributed by atoms with Crippen molar-refractivity contribution in [2.75, 3.05) is 13.6 Å². The van der Waals surface area contributed by atoms with Gasteiger partial charge in [0, 0.05) is 48.6 Å². The number of aromatic amines is 1. The lowest BCUT2D eigenvalue weighted by atomic mass is 10.0. The molecule has 4 rings (SSSR count). The van der Waals surface area contributed by atoms with Crippen molar-refractivity contribution in [3.63, 3.8) is 0 Å². The molecular formula is C21H20N6O3. The predicted molar refractivity (Wildman–Crippen MR) is 108 cm³/mol. The van der Waals surface area contributed by atoms with Crippen LogP contribution in [0.15, 0.2) is 36.7 Å². The lowest BCUT2D eigenvalue weighted by Crippen LogP contribution is -2.37. The van der Waals surface area contributed by atoms with Crippen LogP contribution < -0.4 is 5.73 Å². The van der Waals surface area contributed by atoms with Gasteiger partial charge in [-0.2, -0.15) is 10.2 Å². The number of aromatic nitrogens is 4. The fourth-order valence-corrected chi connectivity index (χ4v) is 3.38. The normalized spacial score (nSPS) is 18.4. The van der Waals surface area contributed by atoms with E-state index in [0.717, 1.165) is 11.3 Å². The van der Waals surface area contributed by atoms with E-state index in [9.17, 15) is 14.7 Å². The molecule has 30 heavy (non-hydrogen) atoms. The van der Waals surface area contributed by atoms with Crippen LogP contribution in [-0.4, -0.2) is 61.0 Å². The van der Waals surface area contributed by atoms with Crippen molar-refractivity contribution in [3.05, 3.63) is 53.6 Å². The van der Waals surface area contributed by atoms with E-state index in [1.54, 1.807) is 43.7 Å². The van der Waals surface area contributed by atoms with E-state index in [2.05, 4.69) is 27.1 Å². The molecule has 1 saturated heterocycles. The molecule has 152 valence electrons. The minimum absolute atomic E-state index is 0.130. The second kappa shape index (κ2) is 7.17. The molecule has 1 aromatic carbocycles. The second-order valence-corrected chi connectivity index (χ2v) is 7.25. The number of nitrogens with zero attached hydrogens (tertiary/aromatic N) is 4. The topological polar surface area (TPSA) is 130 Å². The van der Waals surface area contributed by atoms with Crippen molar-refractivity contribution in [1.82, 2.24) is 24.9 Å². The van der Waals surface area contributed by atoms with Crippen molar-refractivity contribution < 1.29 is 14.7 Å². The number of likely N-dealkylation sites (tertiary alicyclic amines) is 1. The van der Waals surface area contributed by atoms with Crippen LogP contribution in [0.25, 0.3) is 16.8 Å². The SMILES string of the molecule is Cc1[nH]ncc1-c1cn(-c2cccc(C#C[C@]3(O)CCN(C)C3=O)c2)nc1C(N)=O. The van der Waals surface area contributed by atoms with Crippen LogP contribution in [0.2, 0.25) is 0 Å². The number of likely N-dealkylation sites (N-methyl/N-ethyl adjacent to an activating group) is 1. The Hall–Kier alpha value is -3.90. The van der Waals surface area contributed by atoms with E-state index in [1.807, 2.05) is 6.92 Å². The van der Waals surface area contributed by atoms with Crippen LogP contribution in [0.3, 0.4) is 0 Å². The summed E-state index contributed by atoms with van der Waals surface area (Å²) in [5.41, 5.74) is 7.32. The molecule has 0 radical (unpaired) electrons. The molecule has 9 heteroatoms. The quantitative estimate of drug-likeness (QED) is 0.551. The maximum absolute atomic E-state index is 12.1. The van der Waals surface area contributed by atoms with E-state index < -0.39 is 17.4 Å². The second-order valence-electron chi connectivity index (χ2n) is 7.25. The summed E-state index contributed by atoms with van der Waals surface area (Å²) in [6.07, 6.45) is 3.58. The first-order valence-electron chi connectivity index (χ1n) is 9.30. The van der Waals surface area contributed by atoms with Gasteiger partial charge in [-0.15, -0.1) is 0 Å². The third-order valence-corrected chi connectivity index (χ3v) is 5.10. The molecule has 1 atom stereocenters. The number of carbonyl (C=O) groups excluding carboxylic acids is 2. The largest absolute Gasteiger partial charge is 0.369 e. The summed E-state index contributed by atoms with van der Waals surface area (Å²) in [4.78, 5) is 25.5. The number of aryl methyl sites for hydroxylation is 1. The van der Waals surface area contributed by atoms with Gasteiger partial charge in [-0.1, -0.05) is 17.9 Å². The lowest BCUT2D eigenvalue weighted by molar-refractivity contribution is -0.137. The third-order valence-electron chi connectivity index (χ3n) is 5.10. The first-order valence-corrected chi connectivity index (χ1v) is 9.30. The van der Waals surface area contributed by atoms with Crippen LogP contribution in [-0.2, 0) is 4.79 Å². The molecule has 1 aliphatic heterocycles. The molecule has 0 aliphatic carbocycles. The summed E-state index contributed by atoms with van der Waals surface area (Å²) >= 11 is 0. The van der Waals surface area contributed by atoms with Crippen LogP contribution >= 0.6 is 0 Å². The van der Waals surface area contributed by atoms with Crippen LogP contribution in [0.5, 0.6) is 0 Å². The number of nitrogens with two attached hydrogens (primary N) is 1. The minimum atomic E-state index is -1.67. The smallest absolute Gasteiger partial charge is 0.269 e. The first kappa shape index (κ1) is 19.4. The van der Waals surface area contributed by atoms with Crippen molar-refractivity contribution in [1.29, 1.82) is 0 Å². The average molecular weight is 404 g/mol. The Morgan fingerprint density at radius 2 is 2.17 bits per heavy atom. The number of hydrogen-bond acceptors (Lipinski definition) is 5. The summed E-state index contributed by atoms with van der Waals surface area (Å²) < 4.78 is 1.54. The summed E-state index contributed by atoms with van der Waals surface area (Å²) in [6, 6.07) is 7.10. The fourth-order valence-electron chi connectivity index (χ4n) is 3.38. The molecule has 0 saturated carbocycles. The highest BCUT2D eigenvalue weighted by Gasteiger charge is 2.42. The van der Waals surface area contributed by atoms with Gasteiger partial charge in [0.25, 0.3) is 11.8 Å². The molecule has 9 nitrogen and oxygen atoms in total. The number of nitrogens with one attached hydrogen (secondary N) is 1. The monoisotopic (exact) mass is 404 g/mol. The van der Waals surface area contributed by atoms with E-state index in [4.69, 9.17) is 5.73 Å². The molecule has 0 bridgehead atoms. The Morgan fingerprint density at radius 1 is 1.37 bits per heavy atom. The Labute approximate surface area is 172 Å². The van der Waals surface area contributed by atoms with Gasteiger partial charge in [-0.05, 0) is 25.1 Å². The molecule has 4 N–H and O–H groups in total. The van der Waals surface area contributed by atoms with Gasteiger partial charge in [0.1, 0.15) is 0 Å². The van der Waals surface area contributed by atoms with Gasteiger partial charge in [-0.25, -0.2) is 4.68 Å². The van der Waals surface area contributed by atoms with Crippen LogP contribution in [0, 0.1) is 18.8 Å². The molecule has 3 aromatic rings. The lowest BCUT2D eigenvalue weighted by Gasteiger charge is -2.13. The van der Waals surface area contributed by atoms with Gasteiger partial charge in [0.2, 0.25) is 5.60 Å². The maximum atomic E-state index is 12.1. The Morgan fingerprint density at radius 3 is 2.80 bits per heavy atom. The Balaban J connectivity index is 1.71. The van der Waals surface area contributed by atoms with Crippen molar-refractivity contribution in [3.8, 4) is 28.7 Å². The third kappa shape index (κ3) is 3.33. The Bertz CT molecular complexity index is 1210. The molecule has 0 unspecified atom stereocenters. The average Bonchev–Trinajstić information content (AvgIpc) is 3.41. The standard InChI is InChI=1S/C21H20N6O3/c1-13-16(11-23-24-13)17-12-27(25-18(17)19(22)28)15-5-3-4-14(10-15)6-7-21(30)8-9-26(2)20(21)29/h3-5,10-12,30H,8-9H2,1-2H3,(H2,22,28)(H,23,24)/t21-/m0/s1. The number of hydrogen-bond donors (Lipinski definition) is 3. The highest BCUT2D eigenvalue weighted by Crippen LogP contribution is 2.26. The zero-order valence-electron chi connectivity index (χ0n) is 16.5. The number of benzene rings is 1. The van der Waals surface area contributed by atoms with Crippen molar-refractivity contribution >= 4 is 11.8 Å². The number of aliphatic hydroxyl groups is 1. The minimum Gasteiger partial charge on any atom is -0.369 e. The number of rotatable bonds is 3. The number of carbonyl (C=O) groups is 2. The molecule has 3 heterocycles. The summed E-state index contributed by atoms with van der Waals surface area (Å²) in [6.45, 7) is 2.30. The van der Waals surface area contributed by atoms with E-state index >= 15 is 0 Å². The Kier molecular flexibility index (Phi) is 4.64. The van der Waals surface area contributed by atoms with E-state index in [1.165, 1.54) is 9.58 Å². The number of amides is 2. The highest BCUT2D eigenvalue weighted by atomic mass is 16.3. The summed E-state index contributed by atoms with van der Waals surface area (Å²) in [7, 11) is 1.63. The zero-order chi connectivity index (χ0) is 21.5. The maximum Gasteiger partial charge on any atom is 0.269 e. The first-order chi connectivity index (χ1) is 14.3. The highest BCUT2D eigenvalue weighted by molar-refractivity contribution is 5.98. The molecule has 0 spiro atoms. The van der Waals surface area contributed by atoms with Gasteiger partial charge >= 0.3 is 0 Å².